The van der Waals surface area contributed by atoms with Crippen molar-refractivity contribution in [1.29, 1.82) is 0 Å². The zero-order valence-electron chi connectivity index (χ0n) is 16.8. The summed E-state index contributed by atoms with van der Waals surface area (Å²) in [5.41, 5.74) is 3.17. The molecule has 5 aromatic rings. The second-order valence-corrected chi connectivity index (χ2v) is 7.43. The predicted molar refractivity (Wildman–Crippen MR) is 107 cm³/mol. The Morgan fingerprint density at radius 2 is 2.09 bits per heavy atom. The van der Waals surface area contributed by atoms with Crippen molar-refractivity contribution >= 4 is 11.4 Å². The normalized spacial score (nSPS) is 16.0. The van der Waals surface area contributed by atoms with Gasteiger partial charge >= 0.3 is 18.3 Å². The highest BCUT2D eigenvalue weighted by molar-refractivity contribution is 5.90. The first-order valence-electron chi connectivity index (χ1n) is 10.0. The number of aromatic amines is 1. The van der Waals surface area contributed by atoms with Crippen LogP contribution in [-0.4, -0.2) is 56.9 Å². The van der Waals surface area contributed by atoms with Gasteiger partial charge in [0.2, 0.25) is 0 Å². The van der Waals surface area contributed by atoms with Gasteiger partial charge in [0.1, 0.15) is 11.7 Å². The van der Waals surface area contributed by atoms with E-state index in [9.17, 15) is 13.6 Å². The smallest absolute Gasteiger partial charge is 0.333 e. The number of aromatic nitrogens is 8. The quantitative estimate of drug-likeness (QED) is 0.445. The third-order valence-corrected chi connectivity index (χ3v) is 5.49. The van der Waals surface area contributed by atoms with Crippen LogP contribution in [0.1, 0.15) is 40.4 Å². The lowest BCUT2D eigenvalue weighted by atomic mass is 9.99. The number of amides is 1. The molecule has 13 heteroatoms. The summed E-state index contributed by atoms with van der Waals surface area (Å²) in [5, 5.41) is 16.0. The Bertz CT molecular complexity index is 1430. The Morgan fingerprint density at radius 1 is 1.18 bits per heavy atom. The van der Waals surface area contributed by atoms with Crippen LogP contribution in [0.2, 0.25) is 0 Å². The standard InChI is InChI=1S/C20H15F2N9O2/c21-20(22)31-8-5-13(27-31)17-25-26-18(33-17)19(32)29-7-4-12-15(24-10-23-12)16(29)14-9-11-3-1-2-6-30(11)28-14/h1-3,5-6,8-10,16,20H,4,7H2,(H,23,24)/t16-/m0/s1. The van der Waals surface area contributed by atoms with Crippen molar-refractivity contribution in [3.05, 3.63) is 72.0 Å². The number of hydrogen-bond donors (Lipinski definition) is 1. The monoisotopic (exact) mass is 451 g/mol. The first-order chi connectivity index (χ1) is 16.1. The maximum Gasteiger partial charge on any atom is 0.333 e. The van der Waals surface area contributed by atoms with Crippen molar-refractivity contribution in [1.82, 2.24) is 44.5 Å². The maximum absolute atomic E-state index is 13.4. The summed E-state index contributed by atoms with van der Waals surface area (Å²) >= 11 is 0. The lowest BCUT2D eigenvalue weighted by Gasteiger charge is -2.32. The van der Waals surface area contributed by atoms with E-state index in [-0.39, 0.29) is 17.5 Å². The van der Waals surface area contributed by atoms with Crippen molar-refractivity contribution in [3.8, 4) is 11.6 Å². The number of carbonyl (C=O) groups is 1. The van der Waals surface area contributed by atoms with Crippen molar-refractivity contribution in [3.63, 3.8) is 0 Å². The van der Waals surface area contributed by atoms with Gasteiger partial charge in [0.25, 0.3) is 5.89 Å². The molecule has 1 N–H and O–H groups in total. The predicted octanol–water partition coefficient (Wildman–Crippen LogP) is 2.49. The summed E-state index contributed by atoms with van der Waals surface area (Å²) in [6.45, 7) is -2.44. The molecule has 6 heterocycles. The molecule has 5 aromatic heterocycles. The average molecular weight is 451 g/mol. The van der Waals surface area contributed by atoms with Crippen LogP contribution in [0.25, 0.3) is 17.1 Å². The number of rotatable bonds is 4. The zero-order chi connectivity index (χ0) is 22.5. The van der Waals surface area contributed by atoms with Gasteiger partial charge < -0.3 is 14.3 Å². The molecule has 0 aliphatic carbocycles. The van der Waals surface area contributed by atoms with E-state index in [0.29, 0.717) is 29.0 Å². The van der Waals surface area contributed by atoms with E-state index in [1.807, 2.05) is 30.5 Å². The number of imidazole rings is 1. The number of alkyl halides is 2. The van der Waals surface area contributed by atoms with E-state index in [0.717, 1.165) is 17.4 Å². The van der Waals surface area contributed by atoms with Crippen LogP contribution in [-0.2, 0) is 6.42 Å². The van der Waals surface area contributed by atoms with Gasteiger partial charge in [-0.15, -0.1) is 10.2 Å². The number of fused-ring (bicyclic) bond motifs is 2. The third-order valence-electron chi connectivity index (χ3n) is 5.49. The summed E-state index contributed by atoms with van der Waals surface area (Å²) < 4.78 is 33.3. The van der Waals surface area contributed by atoms with E-state index < -0.39 is 18.5 Å². The van der Waals surface area contributed by atoms with Crippen LogP contribution in [0.15, 0.2) is 53.5 Å². The van der Waals surface area contributed by atoms with Gasteiger partial charge in [0.15, 0.2) is 0 Å². The molecule has 6 rings (SSSR count). The Balaban J connectivity index is 1.36. The Kier molecular flexibility index (Phi) is 4.28. The molecule has 11 nitrogen and oxygen atoms in total. The largest absolute Gasteiger partial charge is 0.411 e. The van der Waals surface area contributed by atoms with Gasteiger partial charge in [-0.1, -0.05) is 6.07 Å². The van der Waals surface area contributed by atoms with E-state index in [1.165, 1.54) is 6.07 Å². The number of hydrogen-bond acceptors (Lipinski definition) is 7. The summed E-state index contributed by atoms with van der Waals surface area (Å²) in [7, 11) is 0. The highest BCUT2D eigenvalue weighted by Crippen LogP contribution is 2.34. The van der Waals surface area contributed by atoms with Crippen molar-refractivity contribution in [2.45, 2.75) is 19.0 Å². The third kappa shape index (κ3) is 3.16. The molecule has 1 aliphatic rings. The van der Waals surface area contributed by atoms with E-state index >= 15 is 0 Å². The Labute approximate surface area is 183 Å². The van der Waals surface area contributed by atoms with Crippen molar-refractivity contribution in [2.24, 2.45) is 0 Å². The fraction of sp³-hybridized carbons (Fsp3) is 0.200. The SMILES string of the molecule is O=C(c1nnc(-c2ccn(C(F)F)n2)o1)N1CCc2[nH]cnc2[C@@H]1c1cc2ccccn2n1. The number of nitrogens with one attached hydrogen (secondary N) is 1. The fourth-order valence-electron chi connectivity index (χ4n) is 3.98. The van der Waals surface area contributed by atoms with E-state index in [1.54, 1.807) is 15.7 Å². The summed E-state index contributed by atoms with van der Waals surface area (Å²) in [6.07, 6.45) is 5.06. The van der Waals surface area contributed by atoms with Crippen molar-refractivity contribution < 1.29 is 18.0 Å². The number of H-pyrrole nitrogens is 1. The molecule has 0 fully saturated rings. The van der Waals surface area contributed by atoms with Crippen LogP contribution in [0.3, 0.4) is 0 Å². The van der Waals surface area contributed by atoms with Crippen LogP contribution in [0, 0.1) is 0 Å². The maximum atomic E-state index is 13.4. The average Bonchev–Trinajstić information content (AvgIpc) is 3.61. The molecule has 1 amide bonds. The molecule has 166 valence electrons. The van der Waals surface area contributed by atoms with Gasteiger partial charge in [-0.05, 0) is 24.3 Å². The van der Waals surface area contributed by atoms with Crippen LogP contribution in [0.4, 0.5) is 8.78 Å². The highest BCUT2D eigenvalue weighted by Gasteiger charge is 2.38. The molecule has 0 aromatic carbocycles. The van der Waals surface area contributed by atoms with Crippen LogP contribution >= 0.6 is 0 Å². The lowest BCUT2D eigenvalue weighted by Crippen LogP contribution is -2.41. The molecule has 0 radical (unpaired) electrons. The topological polar surface area (TPSA) is 123 Å². The molecule has 1 aliphatic heterocycles. The van der Waals surface area contributed by atoms with Gasteiger partial charge in [-0.25, -0.2) is 14.2 Å². The van der Waals surface area contributed by atoms with Crippen molar-refractivity contribution in [2.75, 3.05) is 6.54 Å². The first kappa shape index (κ1) is 19.3. The molecule has 0 saturated carbocycles. The highest BCUT2D eigenvalue weighted by atomic mass is 19.3. The van der Waals surface area contributed by atoms with Crippen LogP contribution in [0.5, 0.6) is 0 Å². The summed E-state index contributed by atoms with van der Waals surface area (Å²) in [5.74, 6) is -0.915. The van der Waals surface area contributed by atoms with Gasteiger partial charge in [-0.3, -0.25) is 4.79 Å². The number of carbonyl (C=O) groups excluding carboxylic acids is 1. The van der Waals surface area contributed by atoms with Crippen LogP contribution < -0.4 is 0 Å². The second kappa shape index (κ2) is 7.32. The minimum atomic E-state index is -2.80. The number of halogens is 2. The van der Waals surface area contributed by atoms with E-state index in [2.05, 4.69) is 30.4 Å². The molecule has 0 bridgehead atoms. The minimum absolute atomic E-state index is 0.0481. The second-order valence-electron chi connectivity index (χ2n) is 7.43. The molecular formula is C20H15F2N9O2. The number of nitrogens with zero attached hydrogens (tertiary/aromatic N) is 8. The fourth-order valence-corrected chi connectivity index (χ4v) is 3.98. The lowest BCUT2D eigenvalue weighted by molar-refractivity contribution is 0.0566. The molecule has 0 saturated heterocycles. The molecule has 0 spiro atoms. The van der Waals surface area contributed by atoms with Gasteiger partial charge in [0.05, 0.1) is 23.2 Å². The molecule has 33 heavy (non-hydrogen) atoms. The zero-order valence-corrected chi connectivity index (χ0v) is 16.8. The van der Waals surface area contributed by atoms with Gasteiger partial charge in [-0.2, -0.15) is 19.0 Å². The Morgan fingerprint density at radius 3 is 2.91 bits per heavy atom. The summed E-state index contributed by atoms with van der Waals surface area (Å²) in [6, 6.07) is 8.32. The minimum Gasteiger partial charge on any atom is -0.411 e. The molecule has 0 unspecified atom stereocenters. The molecular weight excluding hydrogens is 436 g/mol. The molecule has 1 atom stereocenters. The summed E-state index contributed by atoms with van der Waals surface area (Å²) in [4.78, 5) is 22.5. The number of pyridine rings is 1. The van der Waals surface area contributed by atoms with Gasteiger partial charge in [0, 0.05) is 31.1 Å². The van der Waals surface area contributed by atoms with E-state index in [4.69, 9.17) is 4.42 Å². The Hall–Kier alpha value is -4.42. The first-order valence-corrected chi connectivity index (χ1v) is 10.0.